The van der Waals surface area contributed by atoms with Gasteiger partial charge >= 0.3 is 10.4 Å². The molecule has 0 aromatic rings. The molecule has 0 heterocycles. The Balaban J connectivity index is 3.88. The first-order chi connectivity index (χ1) is 15.0. The first-order valence-electron chi connectivity index (χ1n) is 13.3. The second-order valence-corrected chi connectivity index (χ2v) is 10.2. The number of allylic oxidation sites excluding steroid dienone is 1. The van der Waals surface area contributed by atoms with E-state index < -0.39 is 10.4 Å². The highest BCUT2D eigenvalue weighted by Gasteiger charge is 2.11. The minimum Gasteiger partial charge on any atom is -0.264 e. The quantitative estimate of drug-likeness (QED) is 0.0887. The van der Waals surface area contributed by atoms with Crippen molar-refractivity contribution in [2.45, 2.75) is 142 Å². The van der Waals surface area contributed by atoms with Crippen molar-refractivity contribution in [2.24, 2.45) is 5.92 Å². The Morgan fingerprint density at radius 1 is 0.677 bits per heavy atom. The molecular formula is C26H52O4S. The summed E-state index contributed by atoms with van der Waals surface area (Å²) in [5, 5.41) is 0. The van der Waals surface area contributed by atoms with Crippen molar-refractivity contribution in [3.05, 3.63) is 12.2 Å². The van der Waals surface area contributed by atoms with E-state index in [0.717, 1.165) is 19.3 Å². The van der Waals surface area contributed by atoms with Crippen LogP contribution in [0.25, 0.3) is 0 Å². The lowest BCUT2D eigenvalue weighted by molar-refractivity contribution is 0.234. The van der Waals surface area contributed by atoms with E-state index >= 15 is 0 Å². The third-order valence-corrected chi connectivity index (χ3v) is 6.43. The Morgan fingerprint density at radius 2 is 1.10 bits per heavy atom. The zero-order chi connectivity index (χ0) is 23.0. The monoisotopic (exact) mass is 460 g/mol. The lowest BCUT2D eigenvalue weighted by atomic mass is 9.99. The van der Waals surface area contributed by atoms with E-state index in [1.54, 1.807) is 0 Å². The molecule has 0 aromatic heterocycles. The topological polar surface area (TPSA) is 63.6 Å². The molecule has 0 radical (unpaired) electrons. The van der Waals surface area contributed by atoms with Crippen molar-refractivity contribution in [1.82, 2.24) is 0 Å². The first kappa shape index (κ1) is 30.6. The van der Waals surface area contributed by atoms with Gasteiger partial charge in [-0.05, 0) is 19.3 Å². The summed E-state index contributed by atoms with van der Waals surface area (Å²) in [6.45, 7) is 4.54. The Bertz CT molecular complexity index is 488. The zero-order valence-corrected chi connectivity index (χ0v) is 21.5. The van der Waals surface area contributed by atoms with Gasteiger partial charge in [-0.1, -0.05) is 135 Å². The van der Waals surface area contributed by atoms with Crippen molar-refractivity contribution in [3.63, 3.8) is 0 Å². The van der Waals surface area contributed by atoms with E-state index in [0.29, 0.717) is 0 Å². The summed E-state index contributed by atoms with van der Waals surface area (Å²) < 4.78 is 35.4. The SMILES string of the molecule is CCCCCCCCCCCC/C=C/C(CCCCCCCCCC)COS(=O)(=O)O. The maximum atomic E-state index is 10.9. The highest BCUT2D eigenvalue weighted by atomic mass is 32.3. The van der Waals surface area contributed by atoms with E-state index in [1.807, 2.05) is 0 Å². The summed E-state index contributed by atoms with van der Waals surface area (Å²) in [7, 11) is -4.36. The molecule has 0 aliphatic rings. The predicted octanol–water partition coefficient (Wildman–Crippen LogP) is 8.82. The van der Waals surface area contributed by atoms with Crippen LogP contribution in [-0.4, -0.2) is 19.6 Å². The third kappa shape index (κ3) is 25.7. The van der Waals surface area contributed by atoms with Crippen LogP contribution in [0.1, 0.15) is 142 Å². The molecule has 0 saturated carbocycles. The number of rotatable bonds is 24. The molecule has 31 heavy (non-hydrogen) atoms. The van der Waals surface area contributed by atoms with Crippen LogP contribution in [0, 0.1) is 5.92 Å². The molecule has 5 heteroatoms. The number of unbranched alkanes of at least 4 members (excludes halogenated alkanes) is 17. The molecule has 0 fully saturated rings. The van der Waals surface area contributed by atoms with Gasteiger partial charge in [-0.15, -0.1) is 0 Å². The van der Waals surface area contributed by atoms with Gasteiger partial charge in [-0.25, -0.2) is 4.18 Å². The largest absolute Gasteiger partial charge is 0.397 e. The molecule has 0 rings (SSSR count). The minimum absolute atomic E-state index is 0.0455. The van der Waals surface area contributed by atoms with Gasteiger partial charge in [-0.3, -0.25) is 4.55 Å². The second kappa shape index (κ2) is 22.8. The number of hydrogen-bond acceptors (Lipinski definition) is 3. The minimum atomic E-state index is -4.36. The van der Waals surface area contributed by atoms with Crippen LogP contribution in [0.2, 0.25) is 0 Å². The van der Waals surface area contributed by atoms with Crippen molar-refractivity contribution >= 4 is 10.4 Å². The molecule has 0 aliphatic carbocycles. The van der Waals surface area contributed by atoms with Crippen molar-refractivity contribution < 1.29 is 17.2 Å². The van der Waals surface area contributed by atoms with E-state index in [1.165, 1.54) is 109 Å². The third-order valence-electron chi connectivity index (χ3n) is 5.99. The van der Waals surface area contributed by atoms with Gasteiger partial charge in [0, 0.05) is 5.92 Å². The van der Waals surface area contributed by atoms with Gasteiger partial charge in [-0.2, -0.15) is 8.42 Å². The number of hydrogen-bond donors (Lipinski definition) is 1. The predicted molar refractivity (Wildman–Crippen MR) is 134 cm³/mol. The molecule has 4 nitrogen and oxygen atoms in total. The molecule has 1 unspecified atom stereocenters. The fraction of sp³-hybridized carbons (Fsp3) is 0.923. The standard InChI is InChI=1S/C26H52O4S/c1-3-5-7-9-11-13-14-15-16-18-20-22-24-26(25-30-31(27,28)29)23-21-19-17-12-10-8-6-4-2/h22,24,26H,3-21,23,25H2,1-2H3,(H,27,28,29)/b24-22+. The fourth-order valence-corrected chi connectivity index (χ4v) is 4.33. The van der Waals surface area contributed by atoms with Crippen LogP contribution in [0.15, 0.2) is 12.2 Å². The van der Waals surface area contributed by atoms with Crippen LogP contribution in [-0.2, 0) is 14.6 Å². The van der Waals surface area contributed by atoms with Crippen LogP contribution in [0.3, 0.4) is 0 Å². The van der Waals surface area contributed by atoms with E-state index in [2.05, 4.69) is 30.2 Å². The molecule has 0 aliphatic heterocycles. The van der Waals surface area contributed by atoms with Crippen LogP contribution in [0.5, 0.6) is 0 Å². The molecule has 186 valence electrons. The van der Waals surface area contributed by atoms with Gasteiger partial charge < -0.3 is 0 Å². The van der Waals surface area contributed by atoms with Crippen molar-refractivity contribution in [3.8, 4) is 0 Å². The summed E-state index contributed by atoms with van der Waals surface area (Å²) >= 11 is 0. The first-order valence-corrected chi connectivity index (χ1v) is 14.6. The Kier molecular flexibility index (Phi) is 22.5. The smallest absolute Gasteiger partial charge is 0.264 e. The summed E-state index contributed by atoms with van der Waals surface area (Å²) in [6.07, 6.45) is 29.6. The van der Waals surface area contributed by atoms with Gasteiger partial charge in [0.15, 0.2) is 0 Å². The average Bonchev–Trinajstić information content (AvgIpc) is 2.73. The molecule has 0 amide bonds. The fourth-order valence-electron chi connectivity index (χ4n) is 3.99. The Hall–Kier alpha value is -0.390. The van der Waals surface area contributed by atoms with Gasteiger partial charge in [0.2, 0.25) is 0 Å². The molecular weight excluding hydrogens is 408 g/mol. The summed E-state index contributed by atoms with van der Waals surface area (Å²) in [5.41, 5.74) is 0. The molecule has 0 saturated heterocycles. The zero-order valence-electron chi connectivity index (χ0n) is 20.7. The van der Waals surface area contributed by atoms with Crippen LogP contribution < -0.4 is 0 Å². The van der Waals surface area contributed by atoms with E-state index in [-0.39, 0.29) is 12.5 Å². The van der Waals surface area contributed by atoms with Crippen molar-refractivity contribution in [1.29, 1.82) is 0 Å². The molecule has 1 N–H and O–H groups in total. The maximum Gasteiger partial charge on any atom is 0.397 e. The highest BCUT2D eigenvalue weighted by molar-refractivity contribution is 7.80. The van der Waals surface area contributed by atoms with Gasteiger partial charge in [0.25, 0.3) is 0 Å². The van der Waals surface area contributed by atoms with E-state index in [9.17, 15) is 8.42 Å². The maximum absolute atomic E-state index is 10.9. The molecule has 0 spiro atoms. The van der Waals surface area contributed by atoms with Gasteiger partial charge in [0.05, 0.1) is 6.61 Å². The Morgan fingerprint density at radius 3 is 1.55 bits per heavy atom. The molecule has 0 aromatic carbocycles. The molecule has 1 atom stereocenters. The average molecular weight is 461 g/mol. The van der Waals surface area contributed by atoms with Crippen molar-refractivity contribution in [2.75, 3.05) is 6.61 Å². The lowest BCUT2D eigenvalue weighted by Crippen LogP contribution is -2.12. The van der Waals surface area contributed by atoms with Gasteiger partial charge in [0.1, 0.15) is 0 Å². The Labute approximate surface area is 194 Å². The van der Waals surface area contributed by atoms with Crippen LogP contribution in [0.4, 0.5) is 0 Å². The van der Waals surface area contributed by atoms with E-state index in [4.69, 9.17) is 4.55 Å². The summed E-state index contributed by atoms with van der Waals surface area (Å²) in [6, 6.07) is 0. The lowest BCUT2D eigenvalue weighted by Gasteiger charge is -2.12. The summed E-state index contributed by atoms with van der Waals surface area (Å²) in [5.74, 6) is 0.0603. The summed E-state index contributed by atoms with van der Waals surface area (Å²) in [4.78, 5) is 0. The highest BCUT2D eigenvalue weighted by Crippen LogP contribution is 2.17. The normalized spacial score (nSPS) is 13.3. The molecule has 0 bridgehead atoms. The van der Waals surface area contributed by atoms with Crippen LogP contribution >= 0.6 is 0 Å². The second-order valence-electron chi connectivity index (χ2n) is 9.13.